The number of carboxylic acid groups (broad SMARTS) is 1. The highest BCUT2D eigenvalue weighted by molar-refractivity contribution is 5.74. The molecule has 0 aromatic heterocycles. The van der Waals surface area contributed by atoms with Gasteiger partial charge in [0, 0.05) is 25.6 Å². The Hall–Kier alpha value is -1.26. The molecule has 0 heterocycles. The zero-order chi connectivity index (χ0) is 13.5. The molecule has 0 radical (unpaired) electrons. The lowest BCUT2D eigenvalue weighted by molar-refractivity contribution is -0.137. The van der Waals surface area contributed by atoms with E-state index in [4.69, 9.17) is 5.11 Å². The molecule has 0 unspecified atom stereocenters. The normalized spacial score (nSPS) is 11.1. The number of carbonyl (C=O) groups excluding carboxylic acids is 1. The summed E-state index contributed by atoms with van der Waals surface area (Å²) < 4.78 is 0. The van der Waals surface area contributed by atoms with Crippen LogP contribution in [-0.2, 0) is 4.79 Å². The molecule has 5 heteroatoms. The van der Waals surface area contributed by atoms with Gasteiger partial charge in [-0.2, -0.15) is 0 Å². The van der Waals surface area contributed by atoms with Crippen LogP contribution >= 0.6 is 0 Å². The van der Waals surface area contributed by atoms with Crippen LogP contribution in [-0.4, -0.2) is 41.1 Å². The van der Waals surface area contributed by atoms with Crippen LogP contribution in [0.1, 0.15) is 46.5 Å². The largest absolute Gasteiger partial charge is 0.481 e. The average molecular weight is 244 g/mol. The molecule has 0 aromatic carbocycles. The SMILES string of the molecule is CCC(C)(C)N(C)C(=O)NCCCCC(=O)O. The third-order valence-electron chi connectivity index (χ3n) is 3.17. The zero-order valence-electron chi connectivity index (χ0n) is 11.2. The minimum atomic E-state index is -0.791. The fourth-order valence-electron chi connectivity index (χ4n) is 1.23. The second-order valence-corrected chi connectivity index (χ2v) is 4.81. The molecule has 2 N–H and O–H groups in total. The second-order valence-electron chi connectivity index (χ2n) is 4.81. The van der Waals surface area contributed by atoms with Crippen LogP contribution < -0.4 is 5.32 Å². The smallest absolute Gasteiger partial charge is 0.317 e. The molecule has 0 bridgehead atoms. The van der Waals surface area contributed by atoms with Crippen LogP contribution in [0.4, 0.5) is 4.79 Å². The summed E-state index contributed by atoms with van der Waals surface area (Å²) in [6.45, 7) is 6.58. The van der Waals surface area contributed by atoms with Crippen LogP contribution in [0.2, 0.25) is 0 Å². The molecular formula is C12H24N2O3. The first kappa shape index (κ1) is 15.7. The van der Waals surface area contributed by atoms with Crippen molar-refractivity contribution in [2.24, 2.45) is 0 Å². The third-order valence-corrected chi connectivity index (χ3v) is 3.17. The number of nitrogens with one attached hydrogen (secondary N) is 1. The molecule has 100 valence electrons. The van der Waals surface area contributed by atoms with Crippen molar-refractivity contribution in [2.45, 2.75) is 52.0 Å². The van der Waals surface area contributed by atoms with Gasteiger partial charge in [-0.3, -0.25) is 4.79 Å². The zero-order valence-corrected chi connectivity index (χ0v) is 11.2. The number of hydrogen-bond donors (Lipinski definition) is 2. The molecule has 0 aliphatic heterocycles. The molecule has 0 atom stereocenters. The summed E-state index contributed by atoms with van der Waals surface area (Å²) in [6.07, 6.45) is 2.33. The Labute approximate surface area is 103 Å². The van der Waals surface area contributed by atoms with Crippen molar-refractivity contribution in [3.63, 3.8) is 0 Å². The van der Waals surface area contributed by atoms with E-state index in [1.807, 2.05) is 20.8 Å². The lowest BCUT2D eigenvalue weighted by Crippen LogP contribution is -2.49. The highest BCUT2D eigenvalue weighted by Gasteiger charge is 2.24. The van der Waals surface area contributed by atoms with E-state index in [9.17, 15) is 9.59 Å². The van der Waals surface area contributed by atoms with Crippen molar-refractivity contribution in [1.29, 1.82) is 0 Å². The quantitative estimate of drug-likeness (QED) is 0.673. The Balaban J connectivity index is 3.83. The summed E-state index contributed by atoms with van der Waals surface area (Å²) in [6, 6.07) is -0.104. The van der Waals surface area contributed by atoms with E-state index in [1.165, 1.54) is 0 Å². The maximum absolute atomic E-state index is 11.7. The molecule has 0 saturated heterocycles. The van der Waals surface area contributed by atoms with Crippen LogP contribution in [0.25, 0.3) is 0 Å². The molecule has 2 amide bonds. The van der Waals surface area contributed by atoms with E-state index in [0.29, 0.717) is 19.4 Å². The lowest BCUT2D eigenvalue weighted by atomic mass is 10.0. The van der Waals surface area contributed by atoms with E-state index in [1.54, 1.807) is 11.9 Å². The van der Waals surface area contributed by atoms with Crippen molar-refractivity contribution < 1.29 is 14.7 Å². The average Bonchev–Trinajstić information content (AvgIpc) is 2.26. The summed E-state index contributed by atoms with van der Waals surface area (Å²) in [5.74, 6) is -0.791. The van der Waals surface area contributed by atoms with E-state index >= 15 is 0 Å². The second kappa shape index (κ2) is 7.14. The molecule has 0 aromatic rings. The molecule has 0 aliphatic rings. The first-order chi connectivity index (χ1) is 7.81. The number of unbranched alkanes of at least 4 members (excludes halogenated alkanes) is 1. The van der Waals surface area contributed by atoms with E-state index in [-0.39, 0.29) is 18.0 Å². The number of aliphatic carboxylic acids is 1. The van der Waals surface area contributed by atoms with Gasteiger partial charge in [-0.05, 0) is 33.1 Å². The maximum Gasteiger partial charge on any atom is 0.317 e. The molecule has 0 spiro atoms. The topological polar surface area (TPSA) is 69.6 Å². The molecular weight excluding hydrogens is 220 g/mol. The number of nitrogens with zero attached hydrogens (tertiary/aromatic N) is 1. The molecule has 0 aliphatic carbocycles. The van der Waals surface area contributed by atoms with Gasteiger partial charge in [0.25, 0.3) is 0 Å². The Bertz CT molecular complexity index is 264. The van der Waals surface area contributed by atoms with Crippen molar-refractivity contribution >= 4 is 12.0 Å². The number of carboxylic acids is 1. The van der Waals surface area contributed by atoms with Gasteiger partial charge in [0.2, 0.25) is 0 Å². The first-order valence-corrected chi connectivity index (χ1v) is 6.04. The molecule has 5 nitrogen and oxygen atoms in total. The van der Waals surface area contributed by atoms with Gasteiger partial charge >= 0.3 is 12.0 Å². The summed E-state index contributed by atoms with van der Waals surface area (Å²) in [7, 11) is 1.77. The van der Waals surface area contributed by atoms with Crippen LogP contribution in [0.3, 0.4) is 0 Å². The number of rotatable bonds is 7. The summed E-state index contributed by atoms with van der Waals surface area (Å²) in [4.78, 5) is 23.7. The van der Waals surface area contributed by atoms with E-state index in [2.05, 4.69) is 5.32 Å². The van der Waals surface area contributed by atoms with Gasteiger partial charge in [-0.1, -0.05) is 6.92 Å². The van der Waals surface area contributed by atoms with Crippen molar-refractivity contribution in [2.75, 3.05) is 13.6 Å². The highest BCUT2D eigenvalue weighted by Crippen LogP contribution is 2.15. The monoisotopic (exact) mass is 244 g/mol. The van der Waals surface area contributed by atoms with Crippen LogP contribution in [0, 0.1) is 0 Å². The van der Waals surface area contributed by atoms with Gasteiger partial charge in [-0.15, -0.1) is 0 Å². The fourth-order valence-corrected chi connectivity index (χ4v) is 1.23. The van der Waals surface area contributed by atoms with Crippen molar-refractivity contribution in [3.8, 4) is 0 Å². The van der Waals surface area contributed by atoms with Gasteiger partial charge in [0.1, 0.15) is 0 Å². The minimum Gasteiger partial charge on any atom is -0.481 e. The Kier molecular flexibility index (Phi) is 6.61. The van der Waals surface area contributed by atoms with Crippen molar-refractivity contribution in [3.05, 3.63) is 0 Å². The lowest BCUT2D eigenvalue weighted by Gasteiger charge is -2.34. The van der Waals surface area contributed by atoms with Gasteiger partial charge < -0.3 is 15.3 Å². The number of hydrogen-bond acceptors (Lipinski definition) is 2. The van der Waals surface area contributed by atoms with Gasteiger partial charge in [0.15, 0.2) is 0 Å². The standard InChI is InChI=1S/C12H24N2O3/c1-5-12(2,3)14(4)11(17)13-9-7-6-8-10(15)16/h5-9H2,1-4H3,(H,13,17)(H,15,16). The fraction of sp³-hybridized carbons (Fsp3) is 0.833. The summed E-state index contributed by atoms with van der Waals surface area (Å²) in [5, 5.41) is 11.2. The summed E-state index contributed by atoms with van der Waals surface area (Å²) in [5.41, 5.74) is -0.162. The Morgan fingerprint density at radius 3 is 2.35 bits per heavy atom. The van der Waals surface area contributed by atoms with Gasteiger partial charge in [-0.25, -0.2) is 4.79 Å². The number of urea groups is 1. The maximum atomic E-state index is 11.7. The molecule has 17 heavy (non-hydrogen) atoms. The van der Waals surface area contributed by atoms with Crippen molar-refractivity contribution in [1.82, 2.24) is 10.2 Å². The van der Waals surface area contributed by atoms with E-state index < -0.39 is 5.97 Å². The first-order valence-electron chi connectivity index (χ1n) is 6.04. The van der Waals surface area contributed by atoms with Gasteiger partial charge in [0.05, 0.1) is 0 Å². The predicted octanol–water partition coefficient (Wildman–Crippen LogP) is 2.07. The highest BCUT2D eigenvalue weighted by atomic mass is 16.4. The summed E-state index contributed by atoms with van der Waals surface area (Å²) >= 11 is 0. The van der Waals surface area contributed by atoms with E-state index in [0.717, 1.165) is 6.42 Å². The molecule has 0 rings (SSSR count). The van der Waals surface area contributed by atoms with Crippen LogP contribution in [0.5, 0.6) is 0 Å². The molecule has 0 saturated carbocycles. The minimum absolute atomic E-state index is 0.104. The third kappa shape index (κ3) is 6.14. The number of carbonyl (C=O) groups is 2. The Morgan fingerprint density at radius 2 is 1.88 bits per heavy atom. The number of amides is 2. The molecule has 0 fully saturated rings. The predicted molar refractivity (Wildman–Crippen MR) is 67.0 cm³/mol. The Morgan fingerprint density at radius 1 is 1.29 bits per heavy atom. The van der Waals surface area contributed by atoms with Crippen LogP contribution in [0.15, 0.2) is 0 Å².